The monoisotopic (exact) mass is 202 g/mol. The summed E-state index contributed by atoms with van der Waals surface area (Å²) in [4.78, 5) is 11.2. The average molecular weight is 202 g/mol. The van der Waals surface area contributed by atoms with Crippen molar-refractivity contribution in [3.8, 4) is 0 Å². The van der Waals surface area contributed by atoms with Gasteiger partial charge in [0.25, 0.3) is 0 Å². The fourth-order valence-corrected chi connectivity index (χ4v) is 1.46. The van der Waals surface area contributed by atoms with Gasteiger partial charge in [-0.15, -0.1) is 0 Å². The fourth-order valence-electron chi connectivity index (χ4n) is 1.46. The van der Waals surface area contributed by atoms with Crippen LogP contribution in [0.25, 0.3) is 0 Å². The average Bonchev–Trinajstić information content (AvgIpc) is 2.62. The smallest absolute Gasteiger partial charge is 0.341 e. The van der Waals surface area contributed by atoms with Gasteiger partial charge in [0.2, 0.25) is 0 Å². The molecule has 1 aliphatic carbocycles. The van der Waals surface area contributed by atoms with Gasteiger partial charge in [0, 0.05) is 0 Å². The minimum atomic E-state index is -1.44. The summed E-state index contributed by atoms with van der Waals surface area (Å²) >= 11 is 0. The van der Waals surface area contributed by atoms with Crippen LogP contribution in [0.1, 0.15) is 40.5 Å². The predicted molar refractivity (Wildman–Crippen MR) is 52.6 cm³/mol. The Labute approximate surface area is 84.8 Å². The fraction of sp³-hybridized carbons (Fsp3) is 0.909. The number of esters is 1. The van der Waals surface area contributed by atoms with Crippen LogP contribution in [-0.4, -0.2) is 17.7 Å². The third-order valence-electron chi connectivity index (χ3n) is 2.45. The van der Waals surface area contributed by atoms with Gasteiger partial charge in [-0.05, 0) is 45.4 Å². The van der Waals surface area contributed by atoms with Crippen LogP contribution in [0.4, 0.5) is 4.39 Å². The minimum absolute atomic E-state index is 0.329. The number of rotatable bonds is 3. The van der Waals surface area contributed by atoms with E-state index in [-0.39, 0.29) is 0 Å². The van der Waals surface area contributed by atoms with Crippen LogP contribution in [-0.2, 0) is 9.53 Å². The van der Waals surface area contributed by atoms with Crippen molar-refractivity contribution in [1.82, 2.24) is 0 Å². The molecule has 1 saturated carbocycles. The molecule has 0 aromatic heterocycles. The van der Waals surface area contributed by atoms with Gasteiger partial charge in [-0.25, -0.2) is 9.18 Å². The van der Waals surface area contributed by atoms with Crippen molar-refractivity contribution in [3.05, 3.63) is 0 Å². The number of carbonyl (C=O) groups is 1. The summed E-state index contributed by atoms with van der Waals surface area (Å²) in [5, 5.41) is 0. The Morgan fingerprint density at radius 2 is 2.07 bits per heavy atom. The van der Waals surface area contributed by atoms with Crippen LogP contribution in [0.3, 0.4) is 0 Å². The van der Waals surface area contributed by atoms with Gasteiger partial charge in [0.1, 0.15) is 5.60 Å². The molecule has 0 aromatic rings. The van der Waals surface area contributed by atoms with Crippen LogP contribution in [0.5, 0.6) is 0 Å². The summed E-state index contributed by atoms with van der Waals surface area (Å²) in [5.74, 6) is 0.254. The Kier molecular flexibility index (Phi) is 3.17. The number of hydrogen-bond acceptors (Lipinski definition) is 2. The van der Waals surface area contributed by atoms with Crippen LogP contribution in [0.15, 0.2) is 0 Å². The Hall–Kier alpha value is -0.600. The second-order valence-electron chi connectivity index (χ2n) is 5.21. The van der Waals surface area contributed by atoms with E-state index in [1.807, 2.05) is 0 Å². The van der Waals surface area contributed by atoms with Crippen LogP contribution < -0.4 is 0 Å². The van der Waals surface area contributed by atoms with E-state index in [2.05, 4.69) is 6.92 Å². The summed E-state index contributed by atoms with van der Waals surface area (Å²) < 4.78 is 18.3. The van der Waals surface area contributed by atoms with Crippen molar-refractivity contribution >= 4 is 5.97 Å². The van der Waals surface area contributed by atoms with Crippen molar-refractivity contribution in [3.63, 3.8) is 0 Å². The standard InChI is InChI=1S/C11H19FO2/c1-7-5-8(7)6-9(12)10(13)14-11(2,3)4/h7-9H,5-6H2,1-4H3/t7-,8-,9?/m1/s1. The predicted octanol–water partition coefficient (Wildman–Crippen LogP) is 2.71. The molecule has 0 spiro atoms. The largest absolute Gasteiger partial charge is 0.458 e. The lowest BCUT2D eigenvalue weighted by Crippen LogP contribution is -2.30. The third-order valence-corrected chi connectivity index (χ3v) is 2.45. The van der Waals surface area contributed by atoms with Gasteiger partial charge in [-0.1, -0.05) is 6.92 Å². The zero-order valence-electron chi connectivity index (χ0n) is 9.34. The van der Waals surface area contributed by atoms with Gasteiger partial charge in [0.05, 0.1) is 0 Å². The van der Waals surface area contributed by atoms with Gasteiger partial charge >= 0.3 is 5.97 Å². The van der Waals surface area contributed by atoms with E-state index in [1.165, 1.54) is 0 Å². The maximum Gasteiger partial charge on any atom is 0.341 e. The van der Waals surface area contributed by atoms with Gasteiger partial charge in [0.15, 0.2) is 6.17 Å². The molecule has 1 unspecified atom stereocenters. The van der Waals surface area contributed by atoms with Gasteiger partial charge < -0.3 is 4.74 Å². The lowest BCUT2D eigenvalue weighted by atomic mass is 10.1. The molecular formula is C11H19FO2. The molecule has 3 heteroatoms. The highest BCUT2D eigenvalue weighted by atomic mass is 19.1. The van der Waals surface area contributed by atoms with Gasteiger partial charge in [-0.2, -0.15) is 0 Å². The summed E-state index contributed by atoms with van der Waals surface area (Å²) in [6.07, 6.45) is -0.0663. The zero-order valence-corrected chi connectivity index (χ0v) is 9.34. The third kappa shape index (κ3) is 3.64. The van der Waals surface area contributed by atoms with E-state index in [4.69, 9.17) is 4.74 Å². The quantitative estimate of drug-likeness (QED) is 0.658. The second-order valence-corrected chi connectivity index (χ2v) is 5.21. The van der Waals surface area contributed by atoms with E-state index in [0.29, 0.717) is 18.3 Å². The minimum Gasteiger partial charge on any atom is -0.458 e. The summed E-state index contributed by atoms with van der Waals surface area (Å²) in [6.45, 7) is 7.32. The van der Waals surface area contributed by atoms with Crippen molar-refractivity contribution < 1.29 is 13.9 Å². The molecule has 1 rings (SSSR count). The normalized spacial score (nSPS) is 28.4. The topological polar surface area (TPSA) is 26.3 Å². The molecule has 0 bridgehead atoms. The molecule has 2 nitrogen and oxygen atoms in total. The number of halogens is 1. The highest BCUT2D eigenvalue weighted by molar-refractivity contribution is 5.74. The first-order valence-electron chi connectivity index (χ1n) is 5.16. The molecule has 0 aliphatic heterocycles. The maximum atomic E-state index is 13.3. The lowest BCUT2D eigenvalue weighted by Gasteiger charge is -2.20. The van der Waals surface area contributed by atoms with E-state index in [0.717, 1.165) is 6.42 Å². The molecule has 82 valence electrons. The summed E-state index contributed by atoms with van der Waals surface area (Å²) in [7, 11) is 0. The Morgan fingerprint density at radius 1 is 1.57 bits per heavy atom. The molecule has 0 amide bonds. The molecule has 0 radical (unpaired) electrons. The van der Waals surface area contributed by atoms with E-state index >= 15 is 0 Å². The van der Waals surface area contributed by atoms with E-state index < -0.39 is 17.7 Å². The van der Waals surface area contributed by atoms with Crippen molar-refractivity contribution in [2.24, 2.45) is 11.8 Å². The van der Waals surface area contributed by atoms with Crippen molar-refractivity contribution in [2.75, 3.05) is 0 Å². The molecule has 1 aliphatic rings. The first kappa shape index (κ1) is 11.5. The van der Waals surface area contributed by atoms with Crippen LogP contribution in [0, 0.1) is 11.8 Å². The number of hydrogen-bond donors (Lipinski definition) is 0. The molecule has 3 atom stereocenters. The zero-order chi connectivity index (χ0) is 10.9. The van der Waals surface area contributed by atoms with E-state index in [9.17, 15) is 9.18 Å². The number of carbonyl (C=O) groups excluding carboxylic acids is 1. The molecule has 0 aromatic carbocycles. The Bertz CT molecular complexity index is 220. The highest BCUT2D eigenvalue weighted by Gasteiger charge is 2.37. The second kappa shape index (κ2) is 3.87. The summed E-state index contributed by atoms with van der Waals surface area (Å²) in [5.41, 5.74) is -0.587. The molecule has 0 N–H and O–H groups in total. The first-order chi connectivity index (χ1) is 6.29. The summed E-state index contributed by atoms with van der Waals surface area (Å²) in [6, 6.07) is 0. The Morgan fingerprint density at radius 3 is 2.43 bits per heavy atom. The lowest BCUT2D eigenvalue weighted by molar-refractivity contribution is -0.161. The SMILES string of the molecule is C[C@@H]1C[C@@H]1CC(F)C(=O)OC(C)(C)C. The van der Waals surface area contributed by atoms with Crippen molar-refractivity contribution in [2.45, 2.75) is 52.3 Å². The Balaban J connectivity index is 2.29. The van der Waals surface area contributed by atoms with E-state index in [1.54, 1.807) is 20.8 Å². The maximum absolute atomic E-state index is 13.3. The van der Waals surface area contributed by atoms with Crippen LogP contribution >= 0.6 is 0 Å². The highest BCUT2D eigenvalue weighted by Crippen LogP contribution is 2.41. The van der Waals surface area contributed by atoms with Crippen molar-refractivity contribution in [1.29, 1.82) is 0 Å². The number of ether oxygens (including phenoxy) is 1. The first-order valence-corrected chi connectivity index (χ1v) is 5.16. The molecular weight excluding hydrogens is 183 g/mol. The molecule has 0 heterocycles. The molecule has 0 saturated heterocycles. The molecule has 1 fully saturated rings. The number of alkyl halides is 1. The molecule has 14 heavy (non-hydrogen) atoms. The van der Waals surface area contributed by atoms with Gasteiger partial charge in [-0.3, -0.25) is 0 Å². The van der Waals surface area contributed by atoms with Crippen LogP contribution in [0.2, 0.25) is 0 Å².